The summed E-state index contributed by atoms with van der Waals surface area (Å²) in [6, 6.07) is 6.27. The van der Waals surface area contributed by atoms with Gasteiger partial charge in [0.2, 0.25) is 0 Å². The van der Waals surface area contributed by atoms with Gasteiger partial charge in [-0.05, 0) is 12.1 Å². The molecule has 0 fully saturated rings. The molecule has 2 N–H and O–H groups in total. The highest BCUT2D eigenvalue weighted by molar-refractivity contribution is 5.47. The van der Waals surface area contributed by atoms with Crippen LogP contribution in [0.3, 0.4) is 0 Å². The van der Waals surface area contributed by atoms with Crippen LogP contribution in [0.5, 0.6) is 5.75 Å². The lowest BCUT2D eigenvalue weighted by molar-refractivity contribution is 0.369. The van der Waals surface area contributed by atoms with Gasteiger partial charge in [-0.15, -0.1) is 11.7 Å². The molecule has 0 unspecified atom stereocenters. The highest BCUT2D eigenvalue weighted by Gasteiger charge is 2.00. The zero-order valence-electron chi connectivity index (χ0n) is 6.90. The van der Waals surface area contributed by atoms with E-state index in [4.69, 9.17) is 17.0 Å². The third kappa shape index (κ3) is 2.65. The van der Waals surface area contributed by atoms with Crippen molar-refractivity contribution in [1.82, 2.24) is 0 Å². The van der Waals surface area contributed by atoms with Gasteiger partial charge in [0, 0.05) is 6.07 Å². The Hall–Kier alpha value is -1.73. The van der Waals surface area contributed by atoms with Crippen molar-refractivity contribution in [2.45, 2.75) is 0 Å². The molecule has 0 saturated heterocycles. The lowest BCUT2D eigenvalue weighted by atomic mass is 10.3. The summed E-state index contributed by atoms with van der Waals surface area (Å²) in [5.74, 6) is 7.68. The van der Waals surface area contributed by atoms with Crippen molar-refractivity contribution in [1.29, 1.82) is 0 Å². The van der Waals surface area contributed by atoms with E-state index in [1.165, 1.54) is 12.1 Å². The van der Waals surface area contributed by atoms with Gasteiger partial charge in [-0.3, -0.25) is 0 Å². The Balaban J connectivity index is 2.75. The van der Waals surface area contributed by atoms with Crippen molar-refractivity contribution in [3.8, 4) is 18.1 Å². The van der Waals surface area contributed by atoms with Crippen LogP contribution in [0.4, 0.5) is 10.2 Å². The number of anilines is 1. The molecule has 68 valence electrons. The molecule has 4 heteroatoms. The van der Waals surface area contributed by atoms with Crippen LogP contribution < -0.4 is 15.8 Å². The summed E-state index contributed by atoms with van der Waals surface area (Å²) >= 11 is 0. The van der Waals surface area contributed by atoms with E-state index >= 15 is 0 Å². The van der Waals surface area contributed by atoms with E-state index in [2.05, 4.69) is 5.92 Å². The molecule has 0 amide bonds. The Morgan fingerprint density at radius 3 is 3.00 bits per heavy atom. The fourth-order valence-corrected chi connectivity index (χ4v) is 0.831. The topological polar surface area (TPSA) is 38.5 Å². The maximum atomic E-state index is 12.5. The molecule has 0 spiro atoms. The fraction of sp³-hybridized carbons (Fsp3) is 0.111. The van der Waals surface area contributed by atoms with Crippen LogP contribution in [0.15, 0.2) is 24.3 Å². The van der Waals surface area contributed by atoms with Gasteiger partial charge >= 0.3 is 0 Å². The van der Waals surface area contributed by atoms with Gasteiger partial charge in [0.05, 0.1) is 5.69 Å². The molecule has 0 aliphatic carbocycles. The van der Waals surface area contributed by atoms with Crippen LogP contribution in [0.25, 0.3) is 0 Å². The third-order valence-electron chi connectivity index (χ3n) is 1.39. The molecule has 0 radical (unpaired) electrons. The summed E-state index contributed by atoms with van der Waals surface area (Å²) in [7, 11) is 0. The Morgan fingerprint density at radius 1 is 1.62 bits per heavy atom. The van der Waals surface area contributed by atoms with Crippen molar-refractivity contribution < 1.29 is 9.22 Å². The summed E-state index contributed by atoms with van der Waals surface area (Å²) in [6.07, 6.45) is 4.99. The molecule has 1 aromatic rings. The predicted molar refractivity (Wildman–Crippen MR) is 48.5 cm³/mol. The van der Waals surface area contributed by atoms with Crippen molar-refractivity contribution in [3.63, 3.8) is 0 Å². The molecule has 0 saturated carbocycles. The average molecular weight is 180 g/mol. The standard InChI is InChI=1S/C9H9FN2O/c1-2-6-13-9-5-3-4-8(7-9)12(10)11/h1,3-5,7H,6,11H2. The monoisotopic (exact) mass is 180 g/mol. The number of nitrogens with two attached hydrogens (primary N) is 1. The maximum Gasteiger partial charge on any atom is 0.148 e. The van der Waals surface area contributed by atoms with Gasteiger partial charge in [-0.1, -0.05) is 16.5 Å². The lowest BCUT2D eigenvalue weighted by Gasteiger charge is -2.08. The zero-order chi connectivity index (χ0) is 9.68. The van der Waals surface area contributed by atoms with Gasteiger partial charge in [0.25, 0.3) is 0 Å². The Labute approximate surface area is 75.8 Å². The first-order valence-electron chi connectivity index (χ1n) is 3.61. The van der Waals surface area contributed by atoms with E-state index in [9.17, 15) is 4.48 Å². The minimum atomic E-state index is 0.0166. The summed E-state index contributed by atoms with van der Waals surface area (Å²) in [6.45, 7) is 0.153. The largest absolute Gasteiger partial charge is 0.481 e. The molecular weight excluding hydrogens is 171 g/mol. The second-order valence-corrected chi connectivity index (χ2v) is 2.30. The smallest absolute Gasteiger partial charge is 0.148 e. The van der Waals surface area contributed by atoms with Crippen LogP contribution in [-0.2, 0) is 0 Å². The molecule has 0 aliphatic rings. The second kappa shape index (κ2) is 4.33. The van der Waals surface area contributed by atoms with Crippen LogP contribution in [0.2, 0.25) is 0 Å². The van der Waals surface area contributed by atoms with Gasteiger partial charge in [-0.25, -0.2) is 5.84 Å². The highest BCUT2D eigenvalue weighted by atomic mass is 19.2. The van der Waals surface area contributed by atoms with Crippen LogP contribution in [0, 0.1) is 12.3 Å². The van der Waals surface area contributed by atoms with Crippen molar-refractivity contribution in [2.75, 3.05) is 11.8 Å². The molecule has 0 atom stereocenters. The van der Waals surface area contributed by atoms with Gasteiger partial charge in [0.1, 0.15) is 12.4 Å². The first-order chi connectivity index (χ1) is 6.24. The number of nitrogens with zero attached hydrogens (tertiary/aromatic N) is 1. The lowest BCUT2D eigenvalue weighted by Crippen LogP contribution is -2.19. The first kappa shape index (κ1) is 9.36. The number of benzene rings is 1. The summed E-state index contributed by atoms with van der Waals surface area (Å²) in [5, 5.41) is 0.0166. The van der Waals surface area contributed by atoms with Gasteiger partial charge < -0.3 is 4.74 Å². The average Bonchev–Trinajstić information content (AvgIpc) is 2.15. The fourth-order valence-electron chi connectivity index (χ4n) is 0.831. The minimum Gasteiger partial charge on any atom is -0.481 e. The van der Waals surface area contributed by atoms with E-state index in [0.717, 1.165) is 0 Å². The van der Waals surface area contributed by atoms with E-state index in [0.29, 0.717) is 5.75 Å². The molecule has 0 aliphatic heterocycles. The number of terminal acetylenes is 1. The van der Waals surface area contributed by atoms with Crippen LogP contribution in [-0.4, -0.2) is 6.61 Å². The molecule has 1 aromatic carbocycles. The van der Waals surface area contributed by atoms with Gasteiger partial charge in [0.15, 0.2) is 0 Å². The Bertz CT molecular complexity index is 320. The van der Waals surface area contributed by atoms with E-state index in [-0.39, 0.29) is 17.5 Å². The third-order valence-corrected chi connectivity index (χ3v) is 1.39. The van der Waals surface area contributed by atoms with Crippen molar-refractivity contribution >= 4 is 5.69 Å². The van der Waals surface area contributed by atoms with Crippen molar-refractivity contribution in [2.24, 2.45) is 5.84 Å². The van der Waals surface area contributed by atoms with E-state index < -0.39 is 0 Å². The number of hydrogen-bond acceptors (Lipinski definition) is 3. The SMILES string of the molecule is C#CCOc1cccc(N(N)F)c1. The maximum absolute atomic E-state index is 12.5. The summed E-state index contributed by atoms with van der Waals surface area (Å²) < 4.78 is 17.5. The van der Waals surface area contributed by atoms with Crippen molar-refractivity contribution in [3.05, 3.63) is 24.3 Å². The normalized spacial score (nSPS) is 9.00. The molecule has 1 rings (SSSR count). The highest BCUT2D eigenvalue weighted by Crippen LogP contribution is 2.19. The molecular formula is C9H9FN2O. The number of halogens is 1. The molecule has 3 nitrogen and oxygen atoms in total. The van der Waals surface area contributed by atoms with Crippen LogP contribution >= 0.6 is 0 Å². The minimum absolute atomic E-state index is 0.0166. The van der Waals surface area contributed by atoms with Crippen LogP contribution in [0.1, 0.15) is 0 Å². The van der Waals surface area contributed by atoms with E-state index in [1.54, 1.807) is 12.1 Å². The molecule has 0 heterocycles. The Kier molecular flexibility index (Phi) is 3.12. The van der Waals surface area contributed by atoms with E-state index in [1.807, 2.05) is 0 Å². The predicted octanol–water partition coefficient (Wildman–Crippen LogP) is 1.26. The molecule has 0 bridgehead atoms. The Morgan fingerprint density at radius 2 is 2.38 bits per heavy atom. The van der Waals surface area contributed by atoms with Gasteiger partial charge in [-0.2, -0.15) is 0 Å². The number of rotatable bonds is 3. The molecule has 0 aromatic heterocycles. The number of ether oxygens (including phenoxy) is 1. The molecule has 13 heavy (non-hydrogen) atoms. The first-order valence-corrected chi connectivity index (χ1v) is 3.61. The quantitative estimate of drug-likeness (QED) is 0.329. The summed E-state index contributed by atoms with van der Waals surface area (Å²) in [4.78, 5) is 0. The second-order valence-electron chi connectivity index (χ2n) is 2.30. The number of hydrogen-bond donors (Lipinski definition) is 1. The summed E-state index contributed by atoms with van der Waals surface area (Å²) in [5.41, 5.74) is 0.217. The zero-order valence-corrected chi connectivity index (χ0v) is 6.90. The number of hydrazine groups is 1.